The minimum atomic E-state index is -0.330. The minimum Gasteiger partial charge on any atom is -0.384 e. The van der Waals surface area contributed by atoms with E-state index in [1.165, 1.54) is 0 Å². The number of non-ortho nitro benzene ring substituents is 1. The van der Waals surface area contributed by atoms with Crippen molar-refractivity contribution >= 4 is 60.7 Å². The van der Waals surface area contributed by atoms with Crippen LogP contribution in [0, 0.1) is 24.0 Å². The summed E-state index contributed by atoms with van der Waals surface area (Å²) in [7, 11) is 2.10. The van der Waals surface area contributed by atoms with E-state index in [-0.39, 0.29) is 16.0 Å². The Morgan fingerprint density at radius 3 is 2.30 bits per heavy atom. The Labute approximate surface area is 255 Å². The van der Waals surface area contributed by atoms with E-state index < -0.39 is 0 Å². The van der Waals surface area contributed by atoms with Crippen LogP contribution >= 0.6 is 0 Å². The number of pyridine rings is 2. The number of para-hydroxylation sites is 2. The van der Waals surface area contributed by atoms with Crippen molar-refractivity contribution in [1.29, 1.82) is 0 Å². The van der Waals surface area contributed by atoms with Crippen molar-refractivity contribution in [2.75, 3.05) is 43.9 Å². The van der Waals surface area contributed by atoms with Crippen LogP contribution in [0.25, 0.3) is 43.6 Å². The molecule has 4 aromatic carbocycles. The molecule has 0 saturated heterocycles. The van der Waals surface area contributed by atoms with Gasteiger partial charge in [0, 0.05) is 41.1 Å². The van der Waals surface area contributed by atoms with Crippen molar-refractivity contribution < 1.29 is 4.92 Å². The number of aryl methyl sites for hydroxylation is 2. The fourth-order valence-corrected chi connectivity index (χ4v) is 6.01. The van der Waals surface area contributed by atoms with Crippen LogP contribution in [0.5, 0.6) is 0 Å². The molecule has 9 nitrogen and oxygen atoms in total. The standard InChI is InChI=1S/C35H36N6O3/c1-22-14-16-28(30-32(22)39-27-13-7-5-11-25(27)35(30)42)36-18-8-20-40(3)21-9-19-37-34-24-10-4-6-12-26(24)38-33-23(2)15-17-29(31(33)34)41(43)44/h4-7,10-17,36H,8-9,18-21H2,1-3H3,(H,37,38)(H,39,42). The highest BCUT2D eigenvalue weighted by Gasteiger charge is 2.20. The number of nitrogens with one attached hydrogen (secondary N) is 3. The molecule has 0 fully saturated rings. The maximum Gasteiger partial charge on any atom is 0.280 e. The predicted octanol–water partition coefficient (Wildman–Crippen LogP) is 7.14. The molecule has 0 radical (unpaired) electrons. The van der Waals surface area contributed by atoms with Gasteiger partial charge in [0.25, 0.3) is 5.69 Å². The van der Waals surface area contributed by atoms with Crippen LogP contribution in [0.1, 0.15) is 24.0 Å². The molecule has 2 heterocycles. The molecule has 0 aliphatic rings. The number of aromatic amines is 1. The fraction of sp³-hybridized carbons (Fsp3) is 0.257. The van der Waals surface area contributed by atoms with Crippen molar-refractivity contribution in [3.8, 4) is 0 Å². The van der Waals surface area contributed by atoms with Gasteiger partial charge in [-0.25, -0.2) is 4.98 Å². The second-order valence-corrected chi connectivity index (χ2v) is 11.4. The zero-order chi connectivity index (χ0) is 30.8. The summed E-state index contributed by atoms with van der Waals surface area (Å²) >= 11 is 0. The first kappa shape index (κ1) is 29.1. The zero-order valence-electron chi connectivity index (χ0n) is 25.2. The smallest absolute Gasteiger partial charge is 0.280 e. The van der Waals surface area contributed by atoms with Crippen LogP contribution in [0.3, 0.4) is 0 Å². The Bertz CT molecular complexity index is 2090. The number of rotatable bonds is 11. The van der Waals surface area contributed by atoms with Gasteiger partial charge in [-0.05, 0) is 82.2 Å². The summed E-state index contributed by atoms with van der Waals surface area (Å²) in [5.41, 5.74) is 6.86. The Kier molecular flexibility index (Phi) is 8.13. The molecule has 3 N–H and O–H groups in total. The fourth-order valence-electron chi connectivity index (χ4n) is 6.01. The van der Waals surface area contributed by atoms with Crippen LogP contribution in [-0.2, 0) is 0 Å². The Hall–Kier alpha value is -5.02. The van der Waals surface area contributed by atoms with Gasteiger partial charge in [-0.15, -0.1) is 0 Å². The van der Waals surface area contributed by atoms with Gasteiger partial charge in [-0.1, -0.05) is 42.5 Å². The molecule has 0 unspecified atom stereocenters. The molecule has 0 bridgehead atoms. The summed E-state index contributed by atoms with van der Waals surface area (Å²) in [5.74, 6) is 0. The molecular formula is C35H36N6O3. The van der Waals surface area contributed by atoms with Gasteiger partial charge in [-0.3, -0.25) is 14.9 Å². The van der Waals surface area contributed by atoms with Crippen LogP contribution in [0.4, 0.5) is 17.1 Å². The first-order chi connectivity index (χ1) is 21.3. The Morgan fingerprint density at radius 2 is 1.52 bits per heavy atom. The molecule has 224 valence electrons. The van der Waals surface area contributed by atoms with Crippen molar-refractivity contribution in [2.24, 2.45) is 0 Å². The maximum atomic E-state index is 13.4. The molecule has 9 heteroatoms. The highest BCUT2D eigenvalue weighted by Crippen LogP contribution is 2.38. The number of anilines is 2. The van der Waals surface area contributed by atoms with E-state index in [1.807, 2.05) is 74.5 Å². The molecule has 0 atom stereocenters. The van der Waals surface area contributed by atoms with Gasteiger partial charge in [-0.2, -0.15) is 0 Å². The molecule has 0 saturated carbocycles. The number of hydrogen-bond acceptors (Lipinski definition) is 7. The second kappa shape index (κ2) is 12.3. The number of aromatic nitrogens is 2. The first-order valence-corrected chi connectivity index (χ1v) is 15.0. The van der Waals surface area contributed by atoms with Crippen LogP contribution in [-0.4, -0.2) is 53.0 Å². The molecule has 2 aromatic heterocycles. The summed E-state index contributed by atoms with van der Waals surface area (Å²) in [5, 5.41) is 21.8. The number of fused-ring (bicyclic) bond motifs is 4. The highest BCUT2D eigenvalue weighted by atomic mass is 16.6. The number of nitrogens with zero attached hydrogens (tertiary/aromatic N) is 3. The lowest BCUT2D eigenvalue weighted by Gasteiger charge is -2.19. The molecule has 0 amide bonds. The predicted molar refractivity (Wildman–Crippen MR) is 181 cm³/mol. The summed E-state index contributed by atoms with van der Waals surface area (Å²) < 4.78 is 0. The second-order valence-electron chi connectivity index (χ2n) is 11.4. The van der Waals surface area contributed by atoms with Crippen LogP contribution in [0.15, 0.2) is 77.6 Å². The third-order valence-electron chi connectivity index (χ3n) is 8.33. The summed E-state index contributed by atoms with van der Waals surface area (Å²) in [6.07, 6.45) is 1.78. The van der Waals surface area contributed by atoms with Gasteiger partial charge in [0.15, 0.2) is 5.43 Å². The normalized spacial score (nSPS) is 11.6. The summed E-state index contributed by atoms with van der Waals surface area (Å²) in [6, 6.07) is 22.8. The average Bonchev–Trinajstić information content (AvgIpc) is 3.02. The number of nitro groups is 1. The largest absolute Gasteiger partial charge is 0.384 e. The SMILES string of the molecule is Cc1ccc([N+](=O)[O-])c2c(NCCCN(C)CCCNc3ccc(C)c4[nH]c5ccccc5c(=O)c34)c3ccccc3nc12. The molecule has 0 aliphatic carbocycles. The number of H-pyrrole nitrogens is 1. The van der Waals surface area contributed by atoms with E-state index in [4.69, 9.17) is 4.98 Å². The van der Waals surface area contributed by atoms with Crippen molar-refractivity contribution in [1.82, 2.24) is 14.9 Å². The van der Waals surface area contributed by atoms with Gasteiger partial charge in [0.2, 0.25) is 0 Å². The van der Waals surface area contributed by atoms with Crippen molar-refractivity contribution in [3.05, 3.63) is 104 Å². The van der Waals surface area contributed by atoms with Crippen LogP contribution in [0.2, 0.25) is 0 Å². The molecule has 0 aliphatic heterocycles. The zero-order valence-corrected chi connectivity index (χ0v) is 25.2. The van der Waals surface area contributed by atoms with E-state index in [0.29, 0.717) is 28.2 Å². The van der Waals surface area contributed by atoms with Crippen molar-refractivity contribution in [3.63, 3.8) is 0 Å². The lowest BCUT2D eigenvalue weighted by molar-refractivity contribution is -0.383. The minimum absolute atomic E-state index is 0.0421. The van der Waals surface area contributed by atoms with E-state index in [2.05, 4.69) is 27.6 Å². The van der Waals surface area contributed by atoms with E-state index >= 15 is 0 Å². The van der Waals surface area contributed by atoms with Gasteiger partial charge in [0.1, 0.15) is 5.39 Å². The maximum absolute atomic E-state index is 13.4. The van der Waals surface area contributed by atoms with Gasteiger partial charge >= 0.3 is 0 Å². The lowest BCUT2D eigenvalue weighted by atomic mass is 10.0. The number of nitro benzene ring substituents is 1. The van der Waals surface area contributed by atoms with E-state index in [1.54, 1.807) is 12.1 Å². The van der Waals surface area contributed by atoms with E-state index in [9.17, 15) is 14.9 Å². The number of benzene rings is 4. The number of hydrogen-bond donors (Lipinski definition) is 3. The molecule has 44 heavy (non-hydrogen) atoms. The van der Waals surface area contributed by atoms with Gasteiger partial charge < -0.3 is 20.5 Å². The molecule has 6 aromatic rings. The lowest BCUT2D eigenvalue weighted by Crippen LogP contribution is -2.24. The highest BCUT2D eigenvalue weighted by molar-refractivity contribution is 6.12. The third kappa shape index (κ3) is 5.54. The monoisotopic (exact) mass is 588 g/mol. The first-order valence-electron chi connectivity index (χ1n) is 15.0. The topological polar surface area (TPSA) is 116 Å². The van der Waals surface area contributed by atoms with Crippen molar-refractivity contribution in [2.45, 2.75) is 26.7 Å². The molecule has 0 spiro atoms. The third-order valence-corrected chi connectivity index (χ3v) is 8.33. The molecular weight excluding hydrogens is 552 g/mol. The molecule has 6 rings (SSSR count). The van der Waals surface area contributed by atoms with Gasteiger partial charge in [0.05, 0.1) is 32.5 Å². The van der Waals surface area contributed by atoms with Crippen LogP contribution < -0.4 is 16.1 Å². The Morgan fingerprint density at radius 1 is 0.841 bits per heavy atom. The Balaban J connectivity index is 1.08. The summed E-state index contributed by atoms with van der Waals surface area (Å²) in [4.78, 5) is 35.4. The summed E-state index contributed by atoms with van der Waals surface area (Å²) in [6.45, 7) is 7.12. The van der Waals surface area contributed by atoms with E-state index in [0.717, 1.165) is 76.9 Å². The average molecular weight is 589 g/mol. The quantitative estimate of drug-likeness (QED) is 0.0637.